The smallest absolute Gasteiger partial charge is 0.325 e. The Labute approximate surface area is 146 Å². The SMILES string of the molecule is CCCn1c(SCC(=O)Nc2ccccc2[C@H](C)CC)n[nH]c1=O. The number of hydrogen-bond donors (Lipinski definition) is 2. The number of thioether (sulfide) groups is 1. The lowest BCUT2D eigenvalue weighted by Gasteiger charge is -2.15. The molecule has 0 radical (unpaired) electrons. The van der Waals surface area contributed by atoms with Gasteiger partial charge < -0.3 is 5.32 Å². The van der Waals surface area contributed by atoms with Gasteiger partial charge in [0.1, 0.15) is 0 Å². The molecule has 0 aliphatic rings. The van der Waals surface area contributed by atoms with Gasteiger partial charge in [0, 0.05) is 12.2 Å². The van der Waals surface area contributed by atoms with Gasteiger partial charge in [-0.05, 0) is 30.4 Å². The summed E-state index contributed by atoms with van der Waals surface area (Å²) in [4.78, 5) is 23.9. The van der Waals surface area contributed by atoms with Crippen molar-refractivity contribution in [3.8, 4) is 0 Å². The van der Waals surface area contributed by atoms with E-state index < -0.39 is 0 Å². The van der Waals surface area contributed by atoms with E-state index >= 15 is 0 Å². The van der Waals surface area contributed by atoms with E-state index in [4.69, 9.17) is 0 Å². The second-order valence-electron chi connectivity index (χ2n) is 5.70. The van der Waals surface area contributed by atoms with Gasteiger partial charge in [-0.2, -0.15) is 0 Å². The van der Waals surface area contributed by atoms with Gasteiger partial charge in [-0.1, -0.05) is 50.7 Å². The summed E-state index contributed by atoms with van der Waals surface area (Å²) in [5.41, 5.74) is 1.76. The Hall–Kier alpha value is -2.02. The minimum absolute atomic E-state index is 0.103. The summed E-state index contributed by atoms with van der Waals surface area (Å²) in [5, 5.41) is 9.93. The highest BCUT2D eigenvalue weighted by Gasteiger charge is 2.13. The van der Waals surface area contributed by atoms with Crippen LogP contribution < -0.4 is 11.0 Å². The van der Waals surface area contributed by atoms with E-state index in [1.165, 1.54) is 11.8 Å². The fraction of sp³-hybridized carbons (Fsp3) is 0.471. The molecule has 1 aromatic carbocycles. The molecule has 0 unspecified atom stereocenters. The predicted octanol–water partition coefficient (Wildman–Crippen LogP) is 3.23. The van der Waals surface area contributed by atoms with Crippen LogP contribution >= 0.6 is 11.8 Å². The number of carbonyl (C=O) groups is 1. The first-order chi connectivity index (χ1) is 11.6. The van der Waals surface area contributed by atoms with Gasteiger partial charge >= 0.3 is 5.69 Å². The second kappa shape index (κ2) is 8.73. The maximum Gasteiger partial charge on any atom is 0.343 e. The molecule has 0 aliphatic heterocycles. The van der Waals surface area contributed by atoms with Crippen LogP contribution in [0.2, 0.25) is 0 Å². The summed E-state index contributed by atoms with van der Waals surface area (Å²) in [6.07, 6.45) is 1.85. The van der Waals surface area contributed by atoms with Gasteiger partial charge in [0.25, 0.3) is 0 Å². The van der Waals surface area contributed by atoms with Gasteiger partial charge in [-0.25, -0.2) is 9.89 Å². The topological polar surface area (TPSA) is 79.8 Å². The van der Waals surface area contributed by atoms with Crippen molar-refractivity contribution in [2.75, 3.05) is 11.1 Å². The van der Waals surface area contributed by atoms with Crippen molar-refractivity contribution in [2.24, 2.45) is 0 Å². The summed E-state index contributed by atoms with van der Waals surface area (Å²) in [5.74, 6) is 0.493. The molecule has 0 saturated carbocycles. The molecule has 6 nitrogen and oxygen atoms in total. The van der Waals surface area contributed by atoms with Crippen LogP contribution in [-0.4, -0.2) is 26.4 Å². The number of anilines is 1. The number of para-hydroxylation sites is 1. The number of nitrogens with one attached hydrogen (secondary N) is 2. The number of H-pyrrole nitrogens is 1. The molecule has 1 aromatic heterocycles. The first-order valence-electron chi connectivity index (χ1n) is 8.23. The van der Waals surface area contributed by atoms with Gasteiger partial charge in [-0.3, -0.25) is 9.36 Å². The zero-order valence-corrected chi connectivity index (χ0v) is 15.2. The van der Waals surface area contributed by atoms with E-state index in [2.05, 4.69) is 29.4 Å². The van der Waals surface area contributed by atoms with Gasteiger partial charge in [0.2, 0.25) is 5.91 Å². The minimum Gasteiger partial charge on any atom is -0.325 e. The molecule has 0 fully saturated rings. The number of carbonyl (C=O) groups excluding carboxylic acids is 1. The Kier molecular flexibility index (Phi) is 6.66. The van der Waals surface area contributed by atoms with Crippen LogP contribution in [-0.2, 0) is 11.3 Å². The summed E-state index contributed by atoms with van der Waals surface area (Å²) in [7, 11) is 0. The van der Waals surface area contributed by atoms with Crippen molar-refractivity contribution < 1.29 is 4.79 Å². The third-order valence-electron chi connectivity index (χ3n) is 3.88. The van der Waals surface area contributed by atoms with E-state index in [9.17, 15) is 9.59 Å². The van der Waals surface area contributed by atoms with E-state index in [-0.39, 0.29) is 17.3 Å². The normalized spacial score (nSPS) is 12.1. The van der Waals surface area contributed by atoms with Crippen LogP contribution in [0, 0.1) is 0 Å². The Morgan fingerprint density at radius 3 is 2.83 bits per heavy atom. The molecule has 0 aliphatic carbocycles. The third-order valence-corrected chi connectivity index (χ3v) is 4.86. The highest BCUT2D eigenvalue weighted by Crippen LogP contribution is 2.26. The quantitative estimate of drug-likeness (QED) is 0.718. The van der Waals surface area contributed by atoms with Crippen LogP contribution in [0.4, 0.5) is 5.69 Å². The second-order valence-corrected chi connectivity index (χ2v) is 6.64. The molecule has 0 saturated heterocycles. The average Bonchev–Trinajstić information content (AvgIpc) is 2.93. The van der Waals surface area contributed by atoms with Crippen LogP contribution in [0.5, 0.6) is 0 Å². The van der Waals surface area contributed by atoms with Crippen molar-refractivity contribution in [3.05, 3.63) is 40.3 Å². The Morgan fingerprint density at radius 1 is 1.38 bits per heavy atom. The number of hydrogen-bond acceptors (Lipinski definition) is 4. The molecule has 0 bridgehead atoms. The Morgan fingerprint density at radius 2 is 2.12 bits per heavy atom. The van der Waals surface area contributed by atoms with Crippen LogP contribution in [0.3, 0.4) is 0 Å². The van der Waals surface area contributed by atoms with E-state index in [1.54, 1.807) is 4.57 Å². The van der Waals surface area contributed by atoms with Gasteiger partial charge in [-0.15, -0.1) is 5.10 Å². The predicted molar refractivity (Wildman–Crippen MR) is 97.6 cm³/mol. The highest BCUT2D eigenvalue weighted by molar-refractivity contribution is 7.99. The van der Waals surface area contributed by atoms with Crippen LogP contribution in [0.15, 0.2) is 34.2 Å². The molecule has 1 atom stereocenters. The Balaban J connectivity index is 2.01. The van der Waals surface area contributed by atoms with Crippen molar-refractivity contribution >= 4 is 23.4 Å². The number of nitrogens with zero attached hydrogens (tertiary/aromatic N) is 2. The van der Waals surface area contributed by atoms with E-state index in [0.717, 1.165) is 24.1 Å². The summed E-state index contributed by atoms with van der Waals surface area (Å²) < 4.78 is 1.56. The molecule has 130 valence electrons. The Bertz CT molecular complexity index is 738. The zero-order chi connectivity index (χ0) is 17.5. The molecule has 1 amide bonds. The monoisotopic (exact) mass is 348 g/mol. The van der Waals surface area contributed by atoms with Gasteiger partial charge in [0.15, 0.2) is 5.16 Å². The minimum atomic E-state index is -0.234. The molecule has 1 heterocycles. The molecule has 2 rings (SSSR count). The molecule has 2 aromatic rings. The number of aromatic nitrogens is 3. The highest BCUT2D eigenvalue weighted by atomic mass is 32.2. The summed E-state index contributed by atoms with van der Waals surface area (Å²) in [6, 6.07) is 7.87. The summed E-state index contributed by atoms with van der Waals surface area (Å²) >= 11 is 1.26. The number of rotatable bonds is 8. The molecule has 7 heteroatoms. The first-order valence-corrected chi connectivity index (χ1v) is 9.22. The third kappa shape index (κ3) is 4.50. The zero-order valence-electron chi connectivity index (χ0n) is 14.3. The summed E-state index contributed by atoms with van der Waals surface area (Å²) in [6.45, 7) is 6.86. The largest absolute Gasteiger partial charge is 0.343 e. The molecule has 0 spiro atoms. The number of benzene rings is 1. The van der Waals surface area contributed by atoms with Crippen LogP contribution in [0.25, 0.3) is 0 Å². The van der Waals surface area contributed by atoms with Crippen molar-refractivity contribution in [1.29, 1.82) is 0 Å². The van der Waals surface area contributed by atoms with Gasteiger partial charge in [0.05, 0.1) is 5.75 Å². The average molecular weight is 348 g/mol. The van der Waals surface area contributed by atoms with Crippen molar-refractivity contribution in [1.82, 2.24) is 14.8 Å². The number of amides is 1. The first kappa shape index (κ1) is 18.3. The maximum absolute atomic E-state index is 12.3. The maximum atomic E-state index is 12.3. The molecular weight excluding hydrogens is 324 g/mol. The lowest BCUT2D eigenvalue weighted by molar-refractivity contribution is -0.113. The van der Waals surface area contributed by atoms with E-state index in [0.29, 0.717) is 17.6 Å². The number of aromatic amines is 1. The fourth-order valence-corrected chi connectivity index (χ4v) is 3.18. The molecule has 24 heavy (non-hydrogen) atoms. The fourth-order valence-electron chi connectivity index (χ4n) is 2.41. The van der Waals surface area contributed by atoms with Crippen LogP contribution in [0.1, 0.15) is 45.1 Å². The van der Waals surface area contributed by atoms with Crippen molar-refractivity contribution in [3.63, 3.8) is 0 Å². The van der Waals surface area contributed by atoms with Crippen molar-refractivity contribution in [2.45, 2.75) is 51.2 Å². The molecular formula is C17H24N4O2S. The lowest BCUT2D eigenvalue weighted by atomic mass is 9.97. The molecule has 2 N–H and O–H groups in total. The lowest BCUT2D eigenvalue weighted by Crippen LogP contribution is -2.19. The standard InChI is InChI=1S/C17H24N4O2S/c1-4-10-21-16(23)19-20-17(21)24-11-15(22)18-14-9-7-6-8-13(14)12(3)5-2/h6-9,12H,4-5,10-11H2,1-3H3,(H,18,22)(H,19,23)/t12-/m1/s1. The van der Waals surface area contributed by atoms with E-state index in [1.807, 2.05) is 31.2 Å².